The quantitative estimate of drug-likeness (QED) is 0.834. The van der Waals surface area contributed by atoms with Gasteiger partial charge in [-0.05, 0) is 67.2 Å². The van der Waals surface area contributed by atoms with Gasteiger partial charge in [0, 0.05) is 6.54 Å². The molecule has 0 saturated heterocycles. The third-order valence-corrected chi connectivity index (χ3v) is 4.91. The van der Waals surface area contributed by atoms with Crippen LogP contribution in [0.1, 0.15) is 49.3 Å². The van der Waals surface area contributed by atoms with Crippen LogP contribution in [0.4, 0.5) is 0 Å². The number of aryl methyl sites for hydroxylation is 2. The second kappa shape index (κ2) is 5.05. The van der Waals surface area contributed by atoms with Crippen LogP contribution in [0.5, 0.6) is 0 Å². The van der Waals surface area contributed by atoms with Crippen LogP contribution in [0.2, 0.25) is 0 Å². The second-order valence-corrected chi connectivity index (χ2v) is 6.27. The smallest absolute Gasteiger partial charge is 0.00109 e. The summed E-state index contributed by atoms with van der Waals surface area (Å²) in [5.41, 5.74) is 5.38. The Balaban J connectivity index is 1.71. The molecule has 0 spiro atoms. The Hall–Kier alpha value is -0.820. The van der Waals surface area contributed by atoms with E-state index in [1.165, 1.54) is 51.5 Å². The molecule has 1 aromatic carbocycles. The van der Waals surface area contributed by atoms with Gasteiger partial charge in [0.05, 0.1) is 0 Å². The van der Waals surface area contributed by atoms with Gasteiger partial charge < -0.3 is 5.32 Å². The Morgan fingerprint density at radius 1 is 1.11 bits per heavy atom. The summed E-state index contributed by atoms with van der Waals surface area (Å²) in [4.78, 5) is 0. The van der Waals surface area contributed by atoms with Gasteiger partial charge in [-0.1, -0.05) is 31.5 Å². The third kappa shape index (κ3) is 2.33. The van der Waals surface area contributed by atoms with Crippen LogP contribution in [0.25, 0.3) is 0 Å². The van der Waals surface area contributed by atoms with Crippen molar-refractivity contribution in [3.05, 3.63) is 34.9 Å². The summed E-state index contributed by atoms with van der Waals surface area (Å²) in [7, 11) is 0. The number of hydrogen-bond donors (Lipinski definition) is 1. The third-order valence-electron chi connectivity index (χ3n) is 4.91. The Bertz CT molecular complexity index is 418. The zero-order valence-electron chi connectivity index (χ0n) is 11.6. The average molecular weight is 243 g/mol. The normalized spacial score (nSPS) is 20.5. The predicted octanol–water partition coefficient (Wildman–Crippen LogP) is 3.50. The van der Waals surface area contributed by atoms with Gasteiger partial charge in [0.2, 0.25) is 0 Å². The van der Waals surface area contributed by atoms with E-state index in [1.54, 1.807) is 16.7 Å². The lowest BCUT2D eigenvalue weighted by Gasteiger charge is -2.42. The summed E-state index contributed by atoms with van der Waals surface area (Å²) in [5.74, 6) is 0. The maximum atomic E-state index is 3.56. The van der Waals surface area contributed by atoms with Gasteiger partial charge in [0.25, 0.3) is 0 Å². The van der Waals surface area contributed by atoms with E-state index < -0.39 is 0 Å². The minimum Gasteiger partial charge on any atom is -0.316 e. The average Bonchev–Trinajstić information content (AvgIpc) is 2.79. The molecule has 98 valence electrons. The molecule has 0 heterocycles. The summed E-state index contributed by atoms with van der Waals surface area (Å²) in [6.45, 7) is 4.52. The molecule has 0 unspecified atom stereocenters. The molecule has 0 amide bonds. The molecule has 1 saturated carbocycles. The highest BCUT2D eigenvalue weighted by Gasteiger charge is 2.36. The van der Waals surface area contributed by atoms with Crippen LogP contribution in [0, 0.1) is 5.41 Å². The van der Waals surface area contributed by atoms with E-state index in [0.717, 1.165) is 6.54 Å². The second-order valence-electron chi connectivity index (χ2n) is 6.27. The molecule has 1 nitrogen and oxygen atoms in total. The van der Waals surface area contributed by atoms with Crippen molar-refractivity contribution in [2.45, 2.75) is 51.9 Å². The van der Waals surface area contributed by atoms with E-state index in [-0.39, 0.29) is 0 Å². The zero-order valence-corrected chi connectivity index (χ0v) is 11.6. The van der Waals surface area contributed by atoms with E-state index in [1.807, 2.05) is 0 Å². The fourth-order valence-electron chi connectivity index (χ4n) is 3.65. The zero-order chi connectivity index (χ0) is 12.4. The molecule has 3 rings (SSSR count). The first-order valence-corrected chi connectivity index (χ1v) is 7.63. The van der Waals surface area contributed by atoms with E-state index >= 15 is 0 Å². The van der Waals surface area contributed by atoms with Gasteiger partial charge >= 0.3 is 0 Å². The van der Waals surface area contributed by atoms with Crippen LogP contribution >= 0.6 is 0 Å². The van der Waals surface area contributed by atoms with Gasteiger partial charge in [0.1, 0.15) is 0 Å². The lowest BCUT2D eigenvalue weighted by Crippen LogP contribution is -2.41. The lowest BCUT2D eigenvalue weighted by molar-refractivity contribution is 0.131. The van der Waals surface area contributed by atoms with Crippen molar-refractivity contribution in [1.82, 2.24) is 5.32 Å². The van der Waals surface area contributed by atoms with Gasteiger partial charge in [-0.25, -0.2) is 0 Å². The number of hydrogen-bond acceptors (Lipinski definition) is 1. The summed E-state index contributed by atoms with van der Waals surface area (Å²) >= 11 is 0. The molecule has 2 aliphatic rings. The highest BCUT2D eigenvalue weighted by molar-refractivity contribution is 5.35. The summed E-state index contributed by atoms with van der Waals surface area (Å²) in [6.07, 6.45) is 9.51. The van der Waals surface area contributed by atoms with Crippen molar-refractivity contribution in [3.8, 4) is 0 Å². The largest absolute Gasteiger partial charge is 0.316 e. The lowest BCUT2D eigenvalue weighted by atomic mass is 9.65. The van der Waals surface area contributed by atoms with Crippen molar-refractivity contribution >= 4 is 0 Å². The SMILES string of the molecule is CCNCC1(Cc2ccc3c(c2)CCC3)CCC1. The van der Waals surface area contributed by atoms with Crippen molar-refractivity contribution < 1.29 is 0 Å². The molecular weight excluding hydrogens is 218 g/mol. The maximum absolute atomic E-state index is 3.56. The van der Waals surface area contributed by atoms with Crippen molar-refractivity contribution in [3.63, 3.8) is 0 Å². The maximum Gasteiger partial charge on any atom is 0.00109 e. The van der Waals surface area contributed by atoms with E-state index in [2.05, 4.69) is 30.4 Å². The first-order valence-electron chi connectivity index (χ1n) is 7.63. The summed E-state index contributed by atoms with van der Waals surface area (Å²) in [5, 5.41) is 3.56. The molecular formula is C17H25N. The van der Waals surface area contributed by atoms with Gasteiger partial charge in [0.15, 0.2) is 0 Å². The Morgan fingerprint density at radius 3 is 2.67 bits per heavy atom. The summed E-state index contributed by atoms with van der Waals surface area (Å²) in [6, 6.07) is 7.27. The van der Waals surface area contributed by atoms with Crippen molar-refractivity contribution in [2.24, 2.45) is 5.41 Å². The standard InChI is InChI=1S/C17H25N/c1-2-18-13-17(9-4-10-17)12-14-7-8-15-5-3-6-16(15)11-14/h7-8,11,18H,2-6,9-10,12-13H2,1H3. The number of nitrogens with one attached hydrogen (secondary N) is 1. The van der Waals surface area contributed by atoms with E-state index in [9.17, 15) is 0 Å². The minimum atomic E-state index is 0.572. The van der Waals surface area contributed by atoms with Gasteiger partial charge in [-0.2, -0.15) is 0 Å². The highest BCUT2D eigenvalue weighted by Crippen LogP contribution is 2.43. The Kier molecular flexibility index (Phi) is 3.43. The van der Waals surface area contributed by atoms with Gasteiger partial charge in [-0.15, -0.1) is 0 Å². The molecule has 2 aliphatic carbocycles. The predicted molar refractivity (Wildman–Crippen MR) is 77.0 cm³/mol. The van der Waals surface area contributed by atoms with Crippen LogP contribution in [0.3, 0.4) is 0 Å². The first kappa shape index (κ1) is 12.2. The fourth-order valence-corrected chi connectivity index (χ4v) is 3.65. The molecule has 0 aliphatic heterocycles. The molecule has 1 aromatic rings. The molecule has 18 heavy (non-hydrogen) atoms. The molecule has 0 aromatic heterocycles. The fraction of sp³-hybridized carbons (Fsp3) is 0.647. The van der Waals surface area contributed by atoms with Crippen molar-refractivity contribution in [1.29, 1.82) is 0 Å². The molecule has 1 heteroatoms. The summed E-state index contributed by atoms with van der Waals surface area (Å²) < 4.78 is 0. The van der Waals surface area contributed by atoms with E-state index in [0.29, 0.717) is 5.41 Å². The first-order chi connectivity index (χ1) is 8.81. The Labute approximate surface area is 111 Å². The minimum absolute atomic E-state index is 0.572. The molecule has 1 fully saturated rings. The van der Waals surface area contributed by atoms with Crippen LogP contribution in [-0.2, 0) is 19.3 Å². The van der Waals surface area contributed by atoms with E-state index in [4.69, 9.17) is 0 Å². The molecule has 0 radical (unpaired) electrons. The molecule has 0 atom stereocenters. The topological polar surface area (TPSA) is 12.0 Å². The number of rotatable bonds is 5. The monoisotopic (exact) mass is 243 g/mol. The Morgan fingerprint density at radius 2 is 1.94 bits per heavy atom. The van der Waals surface area contributed by atoms with Crippen LogP contribution in [-0.4, -0.2) is 13.1 Å². The molecule has 0 bridgehead atoms. The van der Waals surface area contributed by atoms with Crippen LogP contribution < -0.4 is 5.32 Å². The highest BCUT2D eigenvalue weighted by atomic mass is 14.9. The number of benzene rings is 1. The van der Waals surface area contributed by atoms with Crippen molar-refractivity contribution in [2.75, 3.05) is 13.1 Å². The number of fused-ring (bicyclic) bond motifs is 1. The van der Waals surface area contributed by atoms with Crippen LogP contribution in [0.15, 0.2) is 18.2 Å². The van der Waals surface area contributed by atoms with Gasteiger partial charge in [-0.3, -0.25) is 0 Å². The molecule has 1 N–H and O–H groups in total.